The molecule has 0 bridgehead atoms. The molecule has 1 aliphatic heterocycles. The first-order valence-corrected chi connectivity index (χ1v) is 9.27. The molecule has 1 amide bonds. The molecule has 0 aliphatic carbocycles. The Kier molecular flexibility index (Phi) is 5.39. The number of ether oxygens (including phenoxy) is 1. The third-order valence-electron chi connectivity index (χ3n) is 4.62. The van der Waals surface area contributed by atoms with Gasteiger partial charge in [-0.1, -0.05) is 12.1 Å². The summed E-state index contributed by atoms with van der Waals surface area (Å²) in [7, 11) is 0. The molecule has 0 saturated heterocycles. The fourth-order valence-corrected chi connectivity index (χ4v) is 3.23. The van der Waals surface area contributed by atoms with E-state index in [-0.39, 0.29) is 40.6 Å². The van der Waals surface area contributed by atoms with Crippen LogP contribution in [0.25, 0.3) is 0 Å². The van der Waals surface area contributed by atoms with E-state index in [0.29, 0.717) is 18.6 Å². The van der Waals surface area contributed by atoms with E-state index >= 15 is 0 Å². The summed E-state index contributed by atoms with van der Waals surface area (Å²) in [6, 6.07) is 7.87. The van der Waals surface area contributed by atoms with Crippen LogP contribution in [-0.4, -0.2) is 27.8 Å². The molecule has 0 fully saturated rings. The molecule has 1 aliphatic rings. The number of nitrogens with zero attached hydrogens (tertiary/aromatic N) is 2. The number of rotatable bonds is 5. The van der Waals surface area contributed by atoms with Crippen LogP contribution in [-0.2, 0) is 0 Å². The van der Waals surface area contributed by atoms with E-state index in [1.807, 2.05) is 0 Å². The molecule has 160 valence electrons. The lowest BCUT2D eigenvalue weighted by atomic mass is 10.0. The number of carboxylic acid groups (broad SMARTS) is 1. The number of aromatic nitrogens is 2. The molecule has 4 rings (SSSR count). The number of nitrogens with one attached hydrogen (secondary N) is 3. The number of anilines is 5. The minimum atomic E-state index is -1.30. The molecule has 2 aromatic carbocycles. The predicted octanol–water partition coefficient (Wildman–Crippen LogP) is 4.11. The van der Waals surface area contributed by atoms with Crippen molar-refractivity contribution in [1.82, 2.24) is 9.97 Å². The van der Waals surface area contributed by atoms with Crippen LogP contribution < -0.4 is 26.4 Å². The molecule has 1 atom stereocenters. The highest BCUT2D eigenvalue weighted by atomic mass is 19.1. The molecule has 3 aromatic rings. The normalized spacial score (nSPS) is 14.8. The van der Waals surface area contributed by atoms with Crippen molar-refractivity contribution in [3.63, 3.8) is 0 Å². The van der Waals surface area contributed by atoms with Gasteiger partial charge in [0.15, 0.2) is 17.4 Å². The Morgan fingerprint density at radius 3 is 2.87 bits per heavy atom. The van der Waals surface area contributed by atoms with E-state index < -0.39 is 17.7 Å². The standard InChI is InChI=1S/C20H18F2N6O3/c21-10-4-5-15(27-20(29)30)16(8-10)26-19-24-9-13(23)18(28-19)25-14-6-7-31-17-11(14)2-1-3-12(17)22/h1-5,8-9,14,27H,6-7,23H2,(H,29,30)(H2,24,25,26,28). The quantitative estimate of drug-likeness (QED) is 0.410. The molecule has 6 N–H and O–H groups in total. The van der Waals surface area contributed by atoms with Gasteiger partial charge in [-0.25, -0.2) is 18.6 Å². The first-order valence-electron chi connectivity index (χ1n) is 9.27. The SMILES string of the molecule is Nc1cnc(Nc2cc(F)ccc2NC(=O)O)nc1NC1CCOc2c(F)cccc21. The second-order valence-corrected chi connectivity index (χ2v) is 6.73. The first-order chi connectivity index (χ1) is 14.9. The number of para-hydroxylation sites is 1. The van der Waals surface area contributed by atoms with E-state index in [1.54, 1.807) is 12.1 Å². The lowest BCUT2D eigenvalue weighted by molar-refractivity contribution is 0.209. The lowest BCUT2D eigenvalue weighted by Crippen LogP contribution is -2.22. The molecule has 0 radical (unpaired) electrons. The second-order valence-electron chi connectivity index (χ2n) is 6.73. The van der Waals surface area contributed by atoms with Crippen LogP contribution in [0.5, 0.6) is 5.75 Å². The molecule has 0 spiro atoms. The van der Waals surface area contributed by atoms with Gasteiger partial charge in [0.05, 0.1) is 35.9 Å². The zero-order valence-corrected chi connectivity index (χ0v) is 16.0. The predicted molar refractivity (Wildman–Crippen MR) is 111 cm³/mol. The smallest absolute Gasteiger partial charge is 0.409 e. The van der Waals surface area contributed by atoms with E-state index in [1.165, 1.54) is 18.3 Å². The number of hydrogen-bond donors (Lipinski definition) is 5. The lowest BCUT2D eigenvalue weighted by Gasteiger charge is -2.27. The van der Waals surface area contributed by atoms with Crippen LogP contribution in [0.15, 0.2) is 42.6 Å². The Hall–Kier alpha value is -4.15. The van der Waals surface area contributed by atoms with Crippen LogP contribution in [0.4, 0.5) is 42.4 Å². The summed E-state index contributed by atoms with van der Waals surface area (Å²) in [5.41, 5.74) is 7.13. The summed E-state index contributed by atoms with van der Waals surface area (Å²) in [5.74, 6) is -0.507. The maximum absolute atomic E-state index is 14.0. The first kappa shape index (κ1) is 20.1. The minimum absolute atomic E-state index is 0.0577. The number of hydrogen-bond acceptors (Lipinski definition) is 7. The van der Waals surface area contributed by atoms with Crippen molar-refractivity contribution in [2.45, 2.75) is 12.5 Å². The maximum Gasteiger partial charge on any atom is 0.409 e. The molecular formula is C20H18F2N6O3. The van der Waals surface area contributed by atoms with Gasteiger partial charge >= 0.3 is 6.09 Å². The summed E-state index contributed by atoms with van der Waals surface area (Å²) >= 11 is 0. The molecular weight excluding hydrogens is 410 g/mol. The van der Waals surface area contributed by atoms with E-state index in [2.05, 4.69) is 25.9 Å². The summed E-state index contributed by atoms with van der Waals surface area (Å²) in [5, 5.41) is 17.1. The zero-order valence-electron chi connectivity index (χ0n) is 16.0. The average molecular weight is 428 g/mol. The monoisotopic (exact) mass is 428 g/mol. The molecule has 2 heterocycles. The number of benzene rings is 2. The van der Waals surface area contributed by atoms with Gasteiger partial charge in [0, 0.05) is 12.0 Å². The second kappa shape index (κ2) is 8.30. The van der Waals surface area contributed by atoms with Gasteiger partial charge in [-0.15, -0.1) is 0 Å². The average Bonchev–Trinajstić information content (AvgIpc) is 2.73. The minimum Gasteiger partial charge on any atom is -0.490 e. The van der Waals surface area contributed by atoms with Gasteiger partial charge in [0.1, 0.15) is 5.82 Å². The number of carbonyl (C=O) groups is 1. The third kappa shape index (κ3) is 4.39. The van der Waals surface area contributed by atoms with Crippen molar-refractivity contribution in [1.29, 1.82) is 0 Å². The topological polar surface area (TPSA) is 134 Å². The molecule has 0 saturated carbocycles. The highest BCUT2D eigenvalue weighted by Gasteiger charge is 2.25. The summed E-state index contributed by atoms with van der Waals surface area (Å²) in [6.45, 7) is 0.315. The molecule has 11 heteroatoms. The van der Waals surface area contributed by atoms with Gasteiger partial charge in [0.25, 0.3) is 0 Å². The van der Waals surface area contributed by atoms with Crippen LogP contribution in [0, 0.1) is 11.6 Å². The third-order valence-corrected chi connectivity index (χ3v) is 4.62. The van der Waals surface area contributed by atoms with Crippen molar-refractivity contribution < 1.29 is 23.4 Å². The van der Waals surface area contributed by atoms with Gasteiger partial charge in [-0.2, -0.15) is 4.98 Å². The van der Waals surface area contributed by atoms with Crippen molar-refractivity contribution in [3.8, 4) is 5.75 Å². The number of nitrogen functional groups attached to an aromatic ring is 1. The highest BCUT2D eigenvalue weighted by Crippen LogP contribution is 2.37. The number of halogens is 2. The summed E-state index contributed by atoms with van der Waals surface area (Å²) < 4.78 is 33.2. The Morgan fingerprint density at radius 2 is 2.06 bits per heavy atom. The summed E-state index contributed by atoms with van der Waals surface area (Å²) in [4.78, 5) is 19.4. The van der Waals surface area contributed by atoms with Gasteiger partial charge in [-0.3, -0.25) is 5.32 Å². The van der Waals surface area contributed by atoms with Gasteiger partial charge in [0.2, 0.25) is 5.95 Å². The maximum atomic E-state index is 14.0. The van der Waals surface area contributed by atoms with Crippen molar-refractivity contribution >= 4 is 34.9 Å². The Labute approximate surface area is 175 Å². The fourth-order valence-electron chi connectivity index (χ4n) is 3.23. The molecule has 1 unspecified atom stereocenters. The Morgan fingerprint density at radius 1 is 1.23 bits per heavy atom. The number of nitrogens with two attached hydrogens (primary N) is 1. The van der Waals surface area contributed by atoms with Gasteiger partial charge < -0.3 is 26.2 Å². The Bertz CT molecular complexity index is 1140. The van der Waals surface area contributed by atoms with E-state index in [4.69, 9.17) is 15.6 Å². The highest BCUT2D eigenvalue weighted by molar-refractivity contribution is 5.89. The van der Waals surface area contributed by atoms with Crippen molar-refractivity contribution in [2.75, 3.05) is 28.3 Å². The van der Waals surface area contributed by atoms with E-state index in [0.717, 1.165) is 12.1 Å². The fraction of sp³-hybridized carbons (Fsp3) is 0.150. The van der Waals surface area contributed by atoms with Gasteiger partial charge in [-0.05, 0) is 24.3 Å². The van der Waals surface area contributed by atoms with Crippen molar-refractivity contribution in [2.24, 2.45) is 0 Å². The summed E-state index contributed by atoms with van der Waals surface area (Å²) in [6.07, 6.45) is 0.604. The number of amides is 1. The largest absolute Gasteiger partial charge is 0.490 e. The van der Waals surface area contributed by atoms with E-state index in [9.17, 15) is 13.6 Å². The van der Waals surface area contributed by atoms with Crippen LogP contribution in [0.2, 0.25) is 0 Å². The number of fused-ring (bicyclic) bond motifs is 1. The van der Waals surface area contributed by atoms with Crippen LogP contribution in [0.3, 0.4) is 0 Å². The molecule has 9 nitrogen and oxygen atoms in total. The molecule has 31 heavy (non-hydrogen) atoms. The van der Waals surface area contributed by atoms with Crippen molar-refractivity contribution in [3.05, 3.63) is 59.8 Å². The Balaban J connectivity index is 1.61. The molecule has 1 aromatic heterocycles. The van der Waals surface area contributed by atoms with Crippen LogP contribution in [0.1, 0.15) is 18.0 Å². The zero-order chi connectivity index (χ0) is 22.0. The van der Waals surface area contributed by atoms with Crippen LogP contribution >= 0.6 is 0 Å².